The number of unbranched alkanes of at least 4 members (excludes halogenated alkanes) is 29. The number of hydrogen-bond donors (Lipinski definition) is 0. The lowest BCUT2D eigenvalue weighted by molar-refractivity contribution is -0.167. The number of hydrogen-bond acceptors (Lipinski definition) is 6. The molecule has 0 bridgehead atoms. The van der Waals surface area contributed by atoms with Gasteiger partial charge in [0.25, 0.3) is 0 Å². The zero-order valence-corrected chi connectivity index (χ0v) is 50.4. The molecule has 0 heterocycles. The largest absolute Gasteiger partial charge is 0.462 e. The highest BCUT2D eigenvalue weighted by Gasteiger charge is 2.19. The minimum Gasteiger partial charge on any atom is -0.462 e. The van der Waals surface area contributed by atoms with Crippen molar-refractivity contribution < 1.29 is 28.6 Å². The first-order valence-corrected chi connectivity index (χ1v) is 32.4. The topological polar surface area (TPSA) is 78.9 Å². The van der Waals surface area contributed by atoms with Crippen molar-refractivity contribution in [3.63, 3.8) is 0 Å². The molecule has 6 heteroatoms. The Hall–Kier alpha value is -3.93. The zero-order valence-electron chi connectivity index (χ0n) is 50.4. The normalized spacial score (nSPS) is 12.8. The van der Waals surface area contributed by atoms with E-state index in [1.165, 1.54) is 141 Å². The van der Waals surface area contributed by atoms with Gasteiger partial charge in [-0.05, 0) is 128 Å². The van der Waals surface area contributed by atoms with E-state index < -0.39 is 6.10 Å². The van der Waals surface area contributed by atoms with E-state index in [0.29, 0.717) is 19.3 Å². The molecule has 0 N–H and O–H groups in total. The number of carbonyl (C=O) groups is 3. The average Bonchev–Trinajstić information content (AvgIpc) is 3.43. The van der Waals surface area contributed by atoms with Crippen molar-refractivity contribution in [1.82, 2.24) is 0 Å². The monoisotopic (exact) mass is 1070 g/mol. The minimum atomic E-state index is -0.795. The van der Waals surface area contributed by atoms with Crippen LogP contribution in [0, 0.1) is 0 Å². The summed E-state index contributed by atoms with van der Waals surface area (Å²) < 4.78 is 16.9. The molecule has 0 aliphatic carbocycles. The molecule has 0 rings (SSSR count). The van der Waals surface area contributed by atoms with Crippen LogP contribution in [0.5, 0.6) is 0 Å². The fourth-order valence-electron chi connectivity index (χ4n) is 8.88. The van der Waals surface area contributed by atoms with E-state index in [-0.39, 0.29) is 31.1 Å². The van der Waals surface area contributed by atoms with Gasteiger partial charge in [0.1, 0.15) is 13.2 Å². The number of carbonyl (C=O) groups excluding carboxylic acids is 3. The van der Waals surface area contributed by atoms with Crippen LogP contribution in [0.3, 0.4) is 0 Å². The molecule has 0 aromatic carbocycles. The van der Waals surface area contributed by atoms with Gasteiger partial charge in [0.05, 0.1) is 0 Å². The second-order valence-corrected chi connectivity index (χ2v) is 21.3. The number of esters is 3. The van der Waals surface area contributed by atoms with Gasteiger partial charge in [-0.15, -0.1) is 0 Å². The van der Waals surface area contributed by atoms with E-state index in [4.69, 9.17) is 14.2 Å². The van der Waals surface area contributed by atoms with Gasteiger partial charge in [0, 0.05) is 19.3 Å². The van der Waals surface area contributed by atoms with Crippen molar-refractivity contribution >= 4 is 17.9 Å². The highest BCUT2D eigenvalue weighted by molar-refractivity contribution is 5.71. The molecule has 0 saturated heterocycles. The van der Waals surface area contributed by atoms with Crippen molar-refractivity contribution in [2.45, 2.75) is 309 Å². The van der Waals surface area contributed by atoms with Crippen molar-refractivity contribution in [3.05, 3.63) is 109 Å². The average molecular weight is 1070 g/mol. The van der Waals surface area contributed by atoms with E-state index in [1.54, 1.807) is 0 Å². The molecular formula is C71H120O6. The first-order chi connectivity index (χ1) is 38.0. The SMILES string of the molecule is CC/C=C\C/C=C\C/C=C\C/C=C\C/C=C\CCCCCCCCCC(=O)OCC(COC(=O)CCCCCCCCC/C=C\CCCCCCCC)OC(=O)CCCCCCCC/C=C\C/C=C\C/C=C\CCCCC. The van der Waals surface area contributed by atoms with E-state index in [0.717, 1.165) is 122 Å². The van der Waals surface area contributed by atoms with Crippen LogP contribution in [-0.2, 0) is 28.6 Å². The van der Waals surface area contributed by atoms with E-state index >= 15 is 0 Å². The quantitative estimate of drug-likeness (QED) is 0.0261. The standard InChI is InChI=1S/C71H120O6/c1-4-7-10-13-16-19-22-25-28-31-33-34-35-36-38-40-43-46-49-52-55-58-61-64-70(73)76-67-68(66-75-69(72)63-60-57-54-51-48-45-42-39-30-27-24-21-18-15-12-9-6-3)77-71(74)65-62-59-56-53-50-47-44-41-37-32-29-26-23-20-17-14-11-8-5-2/h7,10,16-17,19-20,25-30,33-34,36-38,41,68H,4-6,8-9,11-15,18,21-24,31-32,35,39-40,42-67H2,1-3H3/b10-7-,19-16-,20-17-,28-25-,29-26-,30-27-,34-33-,38-36-,41-37-. The Kier molecular flexibility index (Phi) is 61.3. The summed E-state index contributed by atoms with van der Waals surface area (Å²) in [5.41, 5.74) is 0. The first-order valence-electron chi connectivity index (χ1n) is 32.4. The van der Waals surface area contributed by atoms with Gasteiger partial charge < -0.3 is 14.2 Å². The van der Waals surface area contributed by atoms with Crippen molar-refractivity contribution in [3.8, 4) is 0 Å². The Morgan fingerprint density at radius 2 is 0.506 bits per heavy atom. The van der Waals surface area contributed by atoms with Gasteiger partial charge in [0.15, 0.2) is 6.10 Å². The van der Waals surface area contributed by atoms with Crippen LogP contribution in [0.25, 0.3) is 0 Å². The van der Waals surface area contributed by atoms with Crippen molar-refractivity contribution in [2.24, 2.45) is 0 Å². The summed E-state index contributed by atoms with van der Waals surface area (Å²) in [5, 5.41) is 0. The number of rotatable bonds is 58. The maximum Gasteiger partial charge on any atom is 0.306 e. The Labute approximate surface area is 476 Å². The Balaban J connectivity index is 4.44. The summed E-state index contributed by atoms with van der Waals surface area (Å²) in [6, 6.07) is 0. The summed E-state index contributed by atoms with van der Waals surface area (Å²) in [6.45, 7) is 6.49. The Bertz CT molecular complexity index is 1560. The van der Waals surface area contributed by atoms with Crippen LogP contribution in [0.2, 0.25) is 0 Å². The molecule has 0 amide bonds. The van der Waals surface area contributed by atoms with Crippen LogP contribution < -0.4 is 0 Å². The van der Waals surface area contributed by atoms with E-state index in [2.05, 4.69) is 130 Å². The van der Waals surface area contributed by atoms with Gasteiger partial charge in [-0.2, -0.15) is 0 Å². The zero-order chi connectivity index (χ0) is 55.7. The van der Waals surface area contributed by atoms with Gasteiger partial charge in [-0.25, -0.2) is 0 Å². The Morgan fingerprint density at radius 3 is 0.831 bits per heavy atom. The molecule has 1 atom stereocenters. The summed E-state index contributed by atoms with van der Waals surface area (Å²) in [5.74, 6) is -0.910. The van der Waals surface area contributed by atoms with E-state index in [9.17, 15) is 14.4 Å². The van der Waals surface area contributed by atoms with Crippen molar-refractivity contribution in [1.29, 1.82) is 0 Å². The molecule has 0 aliphatic rings. The molecule has 0 fully saturated rings. The molecule has 1 unspecified atom stereocenters. The summed E-state index contributed by atoms with van der Waals surface area (Å²) in [7, 11) is 0. The Morgan fingerprint density at radius 1 is 0.273 bits per heavy atom. The second kappa shape index (κ2) is 64.6. The molecule has 6 nitrogen and oxygen atoms in total. The second-order valence-electron chi connectivity index (χ2n) is 21.3. The van der Waals surface area contributed by atoms with Crippen LogP contribution in [0.4, 0.5) is 0 Å². The fraction of sp³-hybridized carbons (Fsp3) is 0.704. The maximum atomic E-state index is 12.9. The molecule has 0 aromatic rings. The van der Waals surface area contributed by atoms with Crippen LogP contribution in [-0.4, -0.2) is 37.2 Å². The van der Waals surface area contributed by atoms with Crippen LogP contribution in [0.1, 0.15) is 303 Å². The molecular weight excluding hydrogens is 949 g/mol. The summed E-state index contributed by atoms with van der Waals surface area (Å²) in [4.78, 5) is 38.4. The predicted octanol–water partition coefficient (Wildman–Crippen LogP) is 22.2. The number of allylic oxidation sites excluding steroid dienone is 18. The minimum absolute atomic E-state index is 0.0897. The highest BCUT2D eigenvalue weighted by Crippen LogP contribution is 2.15. The summed E-state index contributed by atoms with van der Waals surface area (Å²) >= 11 is 0. The van der Waals surface area contributed by atoms with Gasteiger partial charge in [-0.1, -0.05) is 265 Å². The smallest absolute Gasteiger partial charge is 0.306 e. The lowest BCUT2D eigenvalue weighted by Crippen LogP contribution is -2.30. The molecule has 0 spiro atoms. The third-order valence-corrected chi connectivity index (χ3v) is 13.7. The highest BCUT2D eigenvalue weighted by atomic mass is 16.6. The third kappa shape index (κ3) is 62.8. The van der Waals surface area contributed by atoms with Crippen molar-refractivity contribution in [2.75, 3.05) is 13.2 Å². The van der Waals surface area contributed by atoms with E-state index in [1.807, 2.05) is 0 Å². The molecule has 0 aromatic heterocycles. The lowest BCUT2D eigenvalue weighted by atomic mass is 10.1. The molecule has 0 radical (unpaired) electrons. The fourth-order valence-corrected chi connectivity index (χ4v) is 8.88. The maximum absolute atomic E-state index is 12.9. The van der Waals surface area contributed by atoms with Gasteiger partial charge in [0.2, 0.25) is 0 Å². The van der Waals surface area contributed by atoms with Gasteiger partial charge >= 0.3 is 17.9 Å². The number of ether oxygens (including phenoxy) is 3. The van der Waals surface area contributed by atoms with Gasteiger partial charge in [-0.3, -0.25) is 14.4 Å². The molecule has 77 heavy (non-hydrogen) atoms. The predicted molar refractivity (Wildman–Crippen MR) is 334 cm³/mol. The van der Waals surface area contributed by atoms with Crippen LogP contribution in [0.15, 0.2) is 109 Å². The van der Waals surface area contributed by atoms with Crippen LogP contribution >= 0.6 is 0 Å². The molecule has 0 aliphatic heterocycles. The summed E-state index contributed by atoms with van der Waals surface area (Å²) in [6.07, 6.45) is 87.9. The molecule has 0 saturated carbocycles. The lowest BCUT2D eigenvalue weighted by Gasteiger charge is -2.18. The third-order valence-electron chi connectivity index (χ3n) is 13.7. The molecule has 440 valence electrons. The first kappa shape index (κ1) is 73.1.